The molecule has 86 valence electrons. The molecular formula is C13H23NS. The quantitative estimate of drug-likeness (QED) is 0.772. The van der Waals surface area contributed by atoms with Crippen molar-refractivity contribution < 1.29 is 0 Å². The van der Waals surface area contributed by atoms with E-state index in [0.29, 0.717) is 6.04 Å². The maximum absolute atomic E-state index is 3.59. The van der Waals surface area contributed by atoms with Crippen LogP contribution in [0.4, 0.5) is 0 Å². The van der Waals surface area contributed by atoms with Gasteiger partial charge >= 0.3 is 0 Å². The van der Waals surface area contributed by atoms with Crippen molar-refractivity contribution in [2.75, 3.05) is 0 Å². The summed E-state index contributed by atoms with van der Waals surface area (Å²) in [5.74, 6) is 0.817. The summed E-state index contributed by atoms with van der Waals surface area (Å²) < 4.78 is 0. The third kappa shape index (κ3) is 4.80. The number of thiophene rings is 1. The van der Waals surface area contributed by atoms with E-state index < -0.39 is 0 Å². The lowest BCUT2D eigenvalue weighted by Crippen LogP contribution is -2.25. The van der Waals surface area contributed by atoms with E-state index in [9.17, 15) is 0 Å². The molecule has 0 aromatic carbocycles. The summed E-state index contributed by atoms with van der Waals surface area (Å²) >= 11 is 1.85. The van der Waals surface area contributed by atoms with Gasteiger partial charge in [-0.1, -0.05) is 13.8 Å². The van der Waals surface area contributed by atoms with Crippen molar-refractivity contribution in [3.05, 3.63) is 21.9 Å². The Hall–Kier alpha value is -0.340. The molecule has 0 saturated heterocycles. The summed E-state index contributed by atoms with van der Waals surface area (Å²) in [6.45, 7) is 10.1. The van der Waals surface area contributed by atoms with Crippen LogP contribution in [0.3, 0.4) is 0 Å². The van der Waals surface area contributed by atoms with Crippen molar-refractivity contribution in [2.24, 2.45) is 5.92 Å². The van der Waals surface area contributed by atoms with Gasteiger partial charge in [0.2, 0.25) is 0 Å². The molecule has 15 heavy (non-hydrogen) atoms. The van der Waals surface area contributed by atoms with Crippen molar-refractivity contribution in [1.29, 1.82) is 0 Å². The van der Waals surface area contributed by atoms with Gasteiger partial charge in [0.15, 0.2) is 0 Å². The summed E-state index contributed by atoms with van der Waals surface area (Å²) in [7, 11) is 0. The summed E-state index contributed by atoms with van der Waals surface area (Å²) in [5, 5.41) is 5.76. The molecule has 0 fully saturated rings. The van der Waals surface area contributed by atoms with Crippen LogP contribution in [-0.2, 0) is 6.54 Å². The fourth-order valence-electron chi connectivity index (χ4n) is 1.54. The van der Waals surface area contributed by atoms with Gasteiger partial charge in [-0.15, -0.1) is 11.3 Å². The average Bonchev–Trinajstić information content (AvgIpc) is 2.58. The van der Waals surface area contributed by atoms with E-state index in [1.165, 1.54) is 23.3 Å². The zero-order valence-corrected chi connectivity index (χ0v) is 11.2. The van der Waals surface area contributed by atoms with Gasteiger partial charge in [-0.25, -0.2) is 0 Å². The average molecular weight is 225 g/mol. The van der Waals surface area contributed by atoms with Crippen LogP contribution < -0.4 is 5.32 Å². The smallest absolute Gasteiger partial charge is 0.0304 e. The third-order valence-corrected chi connectivity index (χ3v) is 3.78. The molecule has 1 atom stereocenters. The predicted molar refractivity (Wildman–Crippen MR) is 69.4 cm³/mol. The number of hydrogen-bond acceptors (Lipinski definition) is 2. The van der Waals surface area contributed by atoms with Gasteiger partial charge in [-0.2, -0.15) is 0 Å². The fraction of sp³-hybridized carbons (Fsp3) is 0.692. The van der Waals surface area contributed by atoms with Crippen LogP contribution in [0.1, 0.15) is 44.1 Å². The van der Waals surface area contributed by atoms with Crippen LogP contribution >= 0.6 is 11.3 Å². The maximum atomic E-state index is 3.59. The van der Waals surface area contributed by atoms with E-state index >= 15 is 0 Å². The second-order valence-corrected chi connectivity index (χ2v) is 5.78. The minimum absolute atomic E-state index is 0.633. The molecule has 1 nitrogen and oxygen atoms in total. The lowest BCUT2D eigenvalue weighted by Gasteiger charge is -2.14. The molecule has 0 spiro atoms. The van der Waals surface area contributed by atoms with Crippen molar-refractivity contribution in [3.8, 4) is 0 Å². The van der Waals surface area contributed by atoms with E-state index in [0.717, 1.165) is 12.5 Å². The highest BCUT2D eigenvalue weighted by Gasteiger charge is 2.05. The third-order valence-electron chi connectivity index (χ3n) is 2.76. The molecule has 1 rings (SSSR count). The molecule has 0 aliphatic rings. The normalized spacial score (nSPS) is 13.4. The first-order valence-corrected chi connectivity index (χ1v) is 6.74. The Labute approximate surface area is 97.9 Å². The van der Waals surface area contributed by atoms with Crippen molar-refractivity contribution >= 4 is 11.3 Å². The SMILES string of the molecule is Cc1ccsc1CNC(C)CCC(C)C. The highest BCUT2D eigenvalue weighted by Crippen LogP contribution is 2.15. The van der Waals surface area contributed by atoms with Crippen LogP contribution in [0.25, 0.3) is 0 Å². The zero-order chi connectivity index (χ0) is 11.3. The molecule has 0 aliphatic heterocycles. The Kier molecular flexibility index (Phi) is 5.34. The maximum Gasteiger partial charge on any atom is 0.0304 e. The second-order valence-electron chi connectivity index (χ2n) is 4.78. The fourth-order valence-corrected chi connectivity index (χ4v) is 2.39. The first-order valence-electron chi connectivity index (χ1n) is 5.86. The second kappa shape index (κ2) is 6.29. The number of aryl methyl sites for hydroxylation is 1. The zero-order valence-electron chi connectivity index (χ0n) is 10.3. The summed E-state index contributed by atoms with van der Waals surface area (Å²) in [4.78, 5) is 1.48. The van der Waals surface area contributed by atoms with Crippen LogP contribution in [-0.4, -0.2) is 6.04 Å². The molecule has 1 aromatic rings. The van der Waals surface area contributed by atoms with Crippen molar-refractivity contribution in [3.63, 3.8) is 0 Å². The molecular weight excluding hydrogens is 202 g/mol. The molecule has 0 amide bonds. The van der Waals surface area contributed by atoms with Gasteiger partial charge in [0.25, 0.3) is 0 Å². The molecule has 2 heteroatoms. The Morgan fingerprint density at radius 3 is 2.53 bits per heavy atom. The van der Waals surface area contributed by atoms with Gasteiger partial charge in [-0.05, 0) is 49.6 Å². The largest absolute Gasteiger partial charge is 0.309 e. The van der Waals surface area contributed by atoms with E-state index in [4.69, 9.17) is 0 Å². The lowest BCUT2D eigenvalue weighted by molar-refractivity contribution is 0.452. The molecule has 0 bridgehead atoms. The summed E-state index contributed by atoms with van der Waals surface area (Å²) in [6.07, 6.45) is 2.60. The number of hydrogen-bond donors (Lipinski definition) is 1. The summed E-state index contributed by atoms with van der Waals surface area (Å²) in [5.41, 5.74) is 1.42. The Morgan fingerprint density at radius 2 is 2.00 bits per heavy atom. The molecule has 0 radical (unpaired) electrons. The number of rotatable bonds is 6. The van der Waals surface area contributed by atoms with Crippen LogP contribution in [0.2, 0.25) is 0 Å². The lowest BCUT2D eigenvalue weighted by atomic mass is 10.0. The topological polar surface area (TPSA) is 12.0 Å². The minimum Gasteiger partial charge on any atom is -0.309 e. The molecule has 0 saturated carbocycles. The molecule has 1 aromatic heterocycles. The van der Waals surface area contributed by atoms with E-state index in [1.807, 2.05) is 11.3 Å². The van der Waals surface area contributed by atoms with Gasteiger partial charge in [0.05, 0.1) is 0 Å². The predicted octanol–water partition coefficient (Wildman–Crippen LogP) is 3.97. The van der Waals surface area contributed by atoms with E-state index in [-0.39, 0.29) is 0 Å². The Morgan fingerprint density at radius 1 is 1.27 bits per heavy atom. The van der Waals surface area contributed by atoms with Gasteiger partial charge in [0, 0.05) is 17.5 Å². The minimum atomic E-state index is 0.633. The molecule has 1 unspecified atom stereocenters. The van der Waals surface area contributed by atoms with E-state index in [1.54, 1.807) is 0 Å². The van der Waals surface area contributed by atoms with Crippen LogP contribution in [0.15, 0.2) is 11.4 Å². The number of nitrogens with one attached hydrogen (secondary N) is 1. The first-order chi connectivity index (χ1) is 7.09. The standard InChI is InChI=1S/C13H23NS/c1-10(2)5-6-12(4)14-9-13-11(3)7-8-15-13/h7-8,10,12,14H,5-6,9H2,1-4H3. The highest BCUT2D eigenvalue weighted by molar-refractivity contribution is 7.10. The van der Waals surface area contributed by atoms with E-state index in [2.05, 4.69) is 44.5 Å². The molecule has 1 N–H and O–H groups in total. The van der Waals surface area contributed by atoms with Gasteiger partial charge < -0.3 is 5.32 Å². The Bertz CT molecular complexity index is 278. The van der Waals surface area contributed by atoms with Crippen LogP contribution in [0.5, 0.6) is 0 Å². The summed E-state index contributed by atoms with van der Waals surface area (Å²) in [6, 6.07) is 2.83. The van der Waals surface area contributed by atoms with Gasteiger partial charge in [-0.3, -0.25) is 0 Å². The van der Waals surface area contributed by atoms with Gasteiger partial charge in [0.1, 0.15) is 0 Å². The van der Waals surface area contributed by atoms with Crippen molar-refractivity contribution in [2.45, 2.75) is 53.1 Å². The molecule has 0 aliphatic carbocycles. The Balaban J connectivity index is 2.22. The molecule has 1 heterocycles. The monoisotopic (exact) mass is 225 g/mol. The van der Waals surface area contributed by atoms with Crippen LogP contribution in [0, 0.1) is 12.8 Å². The van der Waals surface area contributed by atoms with Crippen molar-refractivity contribution in [1.82, 2.24) is 5.32 Å². The first kappa shape index (κ1) is 12.7. The highest BCUT2D eigenvalue weighted by atomic mass is 32.1.